The van der Waals surface area contributed by atoms with Crippen molar-refractivity contribution >= 4 is 0 Å². The normalized spacial score (nSPS) is 33.4. The van der Waals surface area contributed by atoms with Gasteiger partial charge in [-0.1, -0.05) is 26.7 Å². The topological polar surface area (TPSA) is 29.3 Å². The van der Waals surface area contributed by atoms with Gasteiger partial charge in [-0.15, -0.1) is 0 Å². The lowest BCUT2D eigenvalue weighted by Gasteiger charge is -2.46. The smallest absolute Gasteiger partial charge is 0.0244 e. The van der Waals surface area contributed by atoms with Crippen LogP contribution in [0, 0.1) is 17.8 Å². The molecule has 1 aliphatic heterocycles. The largest absolute Gasteiger partial charge is 0.329 e. The van der Waals surface area contributed by atoms with Crippen molar-refractivity contribution in [3.63, 3.8) is 0 Å². The van der Waals surface area contributed by atoms with Crippen molar-refractivity contribution < 1.29 is 0 Å². The number of nitrogens with two attached hydrogens (primary N) is 1. The van der Waals surface area contributed by atoms with Crippen LogP contribution in [0.1, 0.15) is 52.4 Å². The Morgan fingerprint density at radius 3 is 2.41 bits per heavy atom. The summed E-state index contributed by atoms with van der Waals surface area (Å²) in [6.07, 6.45) is 8.52. The molecule has 1 saturated carbocycles. The zero-order valence-corrected chi connectivity index (χ0v) is 11.7. The summed E-state index contributed by atoms with van der Waals surface area (Å²) in [4.78, 5) is 2.73. The Hall–Kier alpha value is -0.0800. The molecule has 0 aromatic heterocycles. The van der Waals surface area contributed by atoms with Crippen LogP contribution >= 0.6 is 0 Å². The van der Waals surface area contributed by atoms with Gasteiger partial charge in [0, 0.05) is 25.7 Å². The minimum absolute atomic E-state index is 0.637. The molecule has 1 aliphatic carbocycles. The fraction of sp³-hybridized carbons (Fsp3) is 1.00. The molecule has 2 nitrogen and oxygen atoms in total. The predicted molar refractivity (Wildman–Crippen MR) is 73.9 cm³/mol. The summed E-state index contributed by atoms with van der Waals surface area (Å²) in [6, 6.07) is 0.637. The lowest BCUT2D eigenvalue weighted by atomic mass is 9.77. The molecule has 2 aliphatic rings. The van der Waals surface area contributed by atoms with E-state index in [0.29, 0.717) is 6.04 Å². The van der Waals surface area contributed by atoms with E-state index in [1.54, 1.807) is 0 Å². The van der Waals surface area contributed by atoms with Crippen molar-refractivity contribution in [2.45, 2.75) is 58.4 Å². The van der Waals surface area contributed by atoms with Gasteiger partial charge in [0.15, 0.2) is 0 Å². The molecule has 0 amide bonds. The van der Waals surface area contributed by atoms with Gasteiger partial charge in [-0.2, -0.15) is 0 Å². The number of fused-ring (bicyclic) bond motifs is 2. The molecule has 4 unspecified atom stereocenters. The second-order valence-electron chi connectivity index (χ2n) is 6.42. The second kappa shape index (κ2) is 6.19. The average Bonchev–Trinajstić information content (AvgIpc) is 2.30. The third-order valence-electron chi connectivity index (χ3n) is 4.99. The van der Waals surface area contributed by atoms with E-state index in [0.717, 1.165) is 24.3 Å². The second-order valence-corrected chi connectivity index (χ2v) is 6.42. The molecule has 2 bridgehead atoms. The number of likely N-dealkylation sites (tertiary alicyclic amines) is 1. The van der Waals surface area contributed by atoms with Gasteiger partial charge in [0.2, 0.25) is 0 Å². The van der Waals surface area contributed by atoms with E-state index in [1.165, 1.54) is 51.6 Å². The van der Waals surface area contributed by atoms with Gasteiger partial charge in [-0.05, 0) is 43.4 Å². The summed E-state index contributed by atoms with van der Waals surface area (Å²) in [5.74, 6) is 2.72. The van der Waals surface area contributed by atoms with Crippen molar-refractivity contribution in [1.82, 2.24) is 4.90 Å². The van der Waals surface area contributed by atoms with Crippen molar-refractivity contribution in [3.05, 3.63) is 0 Å². The molecule has 0 radical (unpaired) electrons. The van der Waals surface area contributed by atoms with Crippen LogP contribution in [0.15, 0.2) is 0 Å². The first kappa shape index (κ1) is 13.4. The third-order valence-corrected chi connectivity index (χ3v) is 4.99. The highest BCUT2D eigenvalue weighted by atomic mass is 15.2. The molecule has 0 spiro atoms. The summed E-state index contributed by atoms with van der Waals surface area (Å²) in [5.41, 5.74) is 6.04. The van der Waals surface area contributed by atoms with E-state index in [2.05, 4.69) is 18.7 Å². The standard InChI is InChI=1S/C15H30N2/c1-3-5-12(2)15(9-16)17-10-13-6-4-7-14(8-13)11-17/h12-15H,3-11,16H2,1-2H3. The van der Waals surface area contributed by atoms with Crippen LogP contribution in [0.3, 0.4) is 0 Å². The highest BCUT2D eigenvalue weighted by molar-refractivity contribution is 4.88. The Morgan fingerprint density at radius 1 is 1.24 bits per heavy atom. The number of nitrogens with zero attached hydrogens (tertiary/aromatic N) is 1. The summed E-state index contributed by atoms with van der Waals surface area (Å²) in [5, 5.41) is 0. The van der Waals surface area contributed by atoms with Crippen LogP contribution in [0.4, 0.5) is 0 Å². The van der Waals surface area contributed by atoms with E-state index >= 15 is 0 Å². The zero-order valence-electron chi connectivity index (χ0n) is 11.7. The maximum atomic E-state index is 6.04. The van der Waals surface area contributed by atoms with Crippen molar-refractivity contribution in [1.29, 1.82) is 0 Å². The average molecular weight is 238 g/mol. The van der Waals surface area contributed by atoms with Gasteiger partial charge < -0.3 is 5.73 Å². The highest BCUT2D eigenvalue weighted by Crippen LogP contribution is 2.36. The molecule has 0 aromatic rings. The summed E-state index contributed by atoms with van der Waals surface area (Å²) in [6.45, 7) is 8.18. The van der Waals surface area contributed by atoms with Gasteiger partial charge in [0.05, 0.1) is 0 Å². The minimum atomic E-state index is 0.637. The number of hydrogen-bond donors (Lipinski definition) is 1. The quantitative estimate of drug-likeness (QED) is 0.798. The van der Waals surface area contributed by atoms with Gasteiger partial charge in [-0.3, -0.25) is 4.90 Å². The lowest BCUT2D eigenvalue weighted by molar-refractivity contribution is 0.0357. The number of piperidine rings is 1. The van der Waals surface area contributed by atoms with Gasteiger partial charge in [0.1, 0.15) is 0 Å². The summed E-state index contributed by atoms with van der Waals surface area (Å²) >= 11 is 0. The Balaban J connectivity index is 1.94. The lowest BCUT2D eigenvalue weighted by Crippen LogP contribution is -2.52. The first-order valence-electron chi connectivity index (χ1n) is 7.68. The molecule has 4 atom stereocenters. The molecule has 2 fully saturated rings. The molecule has 2 N–H and O–H groups in total. The van der Waals surface area contributed by atoms with Crippen molar-refractivity contribution in [2.75, 3.05) is 19.6 Å². The van der Waals surface area contributed by atoms with E-state index in [1.807, 2.05) is 0 Å². The van der Waals surface area contributed by atoms with E-state index < -0.39 is 0 Å². The van der Waals surface area contributed by atoms with Crippen LogP contribution in [-0.4, -0.2) is 30.6 Å². The Morgan fingerprint density at radius 2 is 1.88 bits per heavy atom. The first-order valence-corrected chi connectivity index (χ1v) is 7.68. The van der Waals surface area contributed by atoms with Gasteiger partial charge in [0.25, 0.3) is 0 Å². The molecule has 2 heteroatoms. The SMILES string of the molecule is CCCC(C)C(CN)N1CC2CCCC(C2)C1. The predicted octanol–water partition coefficient (Wildman–Crippen LogP) is 2.87. The molecular formula is C15H30N2. The highest BCUT2D eigenvalue weighted by Gasteiger charge is 2.34. The molecule has 1 saturated heterocycles. The Bertz CT molecular complexity index is 217. The van der Waals surface area contributed by atoms with Crippen molar-refractivity contribution in [2.24, 2.45) is 23.5 Å². The molecule has 0 aromatic carbocycles. The molecule has 2 rings (SSSR count). The molecular weight excluding hydrogens is 208 g/mol. The zero-order chi connectivity index (χ0) is 12.3. The maximum absolute atomic E-state index is 6.04. The van der Waals surface area contributed by atoms with Crippen molar-refractivity contribution in [3.8, 4) is 0 Å². The molecule has 100 valence electrons. The fourth-order valence-electron chi connectivity index (χ4n) is 4.13. The number of hydrogen-bond acceptors (Lipinski definition) is 2. The maximum Gasteiger partial charge on any atom is 0.0244 e. The van der Waals surface area contributed by atoms with E-state index in [4.69, 9.17) is 5.73 Å². The van der Waals surface area contributed by atoms with E-state index in [9.17, 15) is 0 Å². The van der Waals surface area contributed by atoms with Gasteiger partial charge >= 0.3 is 0 Å². The summed E-state index contributed by atoms with van der Waals surface area (Å²) in [7, 11) is 0. The Kier molecular flexibility index (Phi) is 4.87. The summed E-state index contributed by atoms with van der Waals surface area (Å²) < 4.78 is 0. The monoisotopic (exact) mass is 238 g/mol. The van der Waals surface area contributed by atoms with E-state index in [-0.39, 0.29) is 0 Å². The van der Waals surface area contributed by atoms with Gasteiger partial charge in [-0.25, -0.2) is 0 Å². The first-order chi connectivity index (χ1) is 8.24. The van der Waals surface area contributed by atoms with Crippen LogP contribution < -0.4 is 5.73 Å². The van der Waals surface area contributed by atoms with Crippen LogP contribution in [0.25, 0.3) is 0 Å². The minimum Gasteiger partial charge on any atom is -0.329 e. The molecule has 1 heterocycles. The number of rotatable bonds is 5. The Labute approximate surface area is 107 Å². The van der Waals surface area contributed by atoms with Crippen LogP contribution in [0.2, 0.25) is 0 Å². The third kappa shape index (κ3) is 3.23. The molecule has 17 heavy (non-hydrogen) atoms. The van der Waals surface area contributed by atoms with Crippen LogP contribution in [-0.2, 0) is 0 Å². The van der Waals surface area contributed by atoms with Crippen LogP contribution in [0.5, 0.6) is 0 Å². The fourth-order valence-corrected chi connectivity index (χ4v) is 4.13.